The number of aromatic hydroxyl groups is 1. The van der Waals surface area contributed by atoms with Gasteiger partial charge in [-0.25, -0.2) is 5.43 Å². The predicted molar refractivity (Wildman–Crippen MR) is 107 cm³/mol. The third-order valence-electron chi connectivity index (χ3n) is 4.34. The molecule has 13 nitrogen and oxygen atoms in total. The van der Waals surface area contributed by atoms with Gasteiger partial charge in [-0.3, -0.25) is 20.2 Å². The Balaban J connectivity index is 1.65. The number of fused-ring (bicyclic) bond motifs is 3. The van der Waals surface area contributed by atoms with Crippen molar-refractivity contribution < 1.29 is 15.0 Å². The third-order valence-corrected chi connectivity index (χ3v) is 4.34. The third kappa shape index (κ3) is 3.19. The molecular weight excluding hydrogens is 396 g/mol. The highest BCUT2D eigenvalue weighted by molar-refractivity contribution is 6.04. The number of H-pyrrole nitrogens is 1. The largest absolute Gasteiger partial charge is 0.502 e. The molecule has 3 N–H and O–H groups in total. The summed E-state index contributed by atoms with van der Waals surface area (Å²) >= 11 is 0. The minimum absolute atomic E-state index is 0.0161. The van der Waals surface area contributed by atoms with E-state index in [1.54, 1.807) is 0 Å². The number of anilines is 1. The van der Waals surface area contributed by atoms with Gasteiger partial charge >= 0.3 is 5.69 Å². The fraction of sp³-hybridized carbons (Fsp3) is 0.0588. The Morgan fingerprint density at radius 3 is 2.73 bits per heavy atom. The zero-order valence-corrected chi connectivity index (χ0v) is 15.2. The number of nitrogens with zero attached hydrogens (tertiary/aromatic N) is 6. The molecule has 0 fully saturated rings. The van der Waals surface area contributed by atoms with Gasteiger partial charge in [-0.1, -0.05) is 18.2 Å². The van der Waals surface area contributed by atoms with Gasteiger partial charge in [0.2, 0.25) is 5.75 Å². The fourth-order valence-corrected chi connectivity index (χ4v) is 2.92. The molecule has 13 heteroatoms. The SMILES string of the molecule is Cc1cccc2c1[nH]c1nc(NN=Cc3cc([N+](=O)[O-])cc([N+](=O)[O-])c3O)nnc12. The number of rotatable bonds is 5. The van der Waals surface area contributed by atoms with Crippen LogP contribution in [-0.2, 0) is 0 Å². The number of hydrogen-bond acceptors (Lipinski definition) is 10. The van der Waals surface area contributed by atoms with Crippen molar-refractivity contribution in [1.29, 1.82) is 0 Å². The van der Waals surface area contributed by atoms with Crippen LogP contribution in [0.4, 0.5) is 17.3 Å². The number of hydrazone groups is 1. The minimum atomic E-state index is -0.925. The second-order valence-electron chi connectivity index (χ2n) is 6.24. The summed E-state index contributed by atoms with van der Waals surface area (Å²) in [7, 11) is 0. The molecule has 0 aliphatic rings. The molecule has 0 bridgehead atoms. The topological polar surface area (TPSA) is 185 Å². The number of phenols is 1. The Bertz CT molecular complexity index is 1360. The first-order valence-corrected chi connectivity index (χ1v) is 8.41. The second-order valence-corrected chi connectivity index (χ2v) is 6.24. The van der Waals surface area contributed by atoms with Crippen LogP contribution in [0.2, 0.25) is 0 Å². The van der Waals surface area contributed by atoms with Crippen LogP contribution in [0.1, 0.15) is 11.1 Å². The van der Waals surface area contributed by atoms with Crippen molar-refractivity contribution in [3.63, 3.8) is 0 Å². The molecule has 4 aromatic rings. The molecule has 30 heavy (non-hydrogen) atoms. The first-order valence-electron chi connectivity index (χ1n) is 8.41. The molecule has 150 valence electrons. The molecule has 2 aromatic carbocycles. The first-order chi connectivity index (χ1) is 14.3. The lowest BCUT2D eigenvalue weighted by Crippen LogP contribution is -2.00. The highest BCUT2D eigenvalue weighted by atomic mass is 16.6. The van der Waals surface area contributed by atoms with Crippen LogP contribution in [0.5, 0.6) is 5.75 Å². The Labute approximate surface area is 166 Å². The van der Waals surface area contributed by atoms with Crippen LogP contribution in [0.15, 0.2) is 35.4 Å². The smallest absolute Gasteiger partial charge is 0.318 e. The number of hydrogen-bond donors (Lipinski definition) is 3. The van der Waals surface area contributed by atoms with E-state index in [4.69, 9.17) is 0 Å². The average molecular weight is 408 g/mol. The molecule has 0 spiro atoms. The van der Waals surface area contributed by atoms with Crippen molar-refractivity contribution in [3.05, 3.63) is 61.7 Å². The first kappa shape index (κ1) is 18.7. The number of aryl methyl sites for hydroxylation is 1. The molecule has 4 rings (SSSR count). The predicted octanol–water partition coefficient (Wildman–Crippen LogP) is 2.78. The number of nitro groups is 2. The van der Waals surface area contributed by atoms with E-state index >= 15 is 0 Å². The van der Waals surface area contributed by atoms with Crippen molar-refractivity contribution >= 4 is 45.6 Å². The molecule has 0 aliphatic carbocycles. The number of non-ortho nitro benzene ring substituents is 1. The number of aromatic amines is 1. The summed E-state index contributed by atoms with van der Waals surface area (Å²) in [4.78, 5) is 27.6. The molecule has 2 heterocycles. The molecule has 0 radical (unpaired) electrons. The zero-order valence-electron chi connectivity index (χ0n) is 15.2. The van der Waals surface area contributed by atoms with Gasteiger partial charge < -0.3 is 10.1 Å². The summed E-state index contributed by atoms with van der Waals surface area (Å²) in [5.74, 6) is -0.737. The zero-order chi connectivity index (χ0) is 21.4. The standard InChI is InChI=1S/C17H12N8O5/c1-8-3-2-4-11-13(8)19-16-14(11)21-23-17(20-16)22-18-7-9-5-10(24(27)28)6-12(15(9)26)25(29)30/h2-7,26H,1H3,(H2,19,20,22,23). The molecule has 0 aliphatic heterocycles. The van der Waals surface area contributed by atoms with Gasteiger partial charge in [-0.2, -0.15) is 10.1 Å². The monoisotopic (exact) mass is 408 g/mol. The minimum Gasteiger partial charge on any atom is -0.502 e. The number of aromatic nitrogens is 4. The van der Waals surface area contributed by atoms with Crippen molar-refractivity contribution in [3.8, 4) is 5.75 Å². The molecule has 2 aromatic heterocycles. The van der Waals surface area contributed by atoms with Crippen LogP contribution in [0.3, 0.4) is 0 Å². The normalized spacial score (nSPS) is 11.4. The van der Waals surface area contributed by atoms with E-state index in [9.17, 15) is 25.3 Å². The lowest BCUT2D eigenvalue weighted by atomic mass is 10.1. The quantitative estimate of drug-likeness (QED) is 0.253. The van der Waals surface area contributed by atoms with Gasteiger partial charge in [0.1, 0.15) is 5.52 Å². The van der Waals surface area contributed by atoms with Gasteiger partial charge in [-0.05, 0) is 12.5 Å². The van der Waals surface area contributed by atoms with Crippen LogP contribution >= 0.6 is 0 Å². The Hall–Kier alpha value is -4.68. The highest BCUT2D eigenvalue weighted by Crippen LogP contribution is 2.33. The fourth-order valence-electron chi connectivity index (χ4n) is 2.92. The number of phenolic OH excluding ortho intramolecular Hbond substituents is 1. The van der Waals surface area contributed by atoms with Gasteiger partial charge in [0.05, 0.1) is 33.2 Å². The molecule has 0 amide bonds. The number of nitrogens with one attached hydrogen (secondary N) is 2. The van der Waals surface area contributed by atoms with E-state index in [1.165, 1.54) is 0 Å². The van der Waals surface area contributed by atoms with Crippen molar-refractivity contribution in [2.24, 2.45) is 5.10 Å². The summed E-state index contributed by atoms with van der Waals surface area (Å²) in [6, 6.07) is 7.35. The highest BCUT2D eigenvalue weighted by Gasteiger charge is 2.23. The van der Waals surface area contributed by atoms with Gasteiger partial charge in [0, 0.05) is 11.5 Å². The maximum absolute atomic E-state index is 11.0. The number of benzene rings is 2. The molecular formula is C17H12N8O5. The van der Waals surface area contributed by atoms with E-state index in [2.05, 4.69) is 30.7 Å². The number of para-hydroxylation sites is 1. The molecule has 0 unspecified atom stereocenters. The van der Waals surface area contributed by atoms with Crippen molar-refractivity contribution in [2.75, 3.05) is 5.43 Å². The summed E-state index contributed by atoms with van der Waals surface area (Å²) in [6.07, 6.45) is 0.984. The summed E-state index contributed by atoms with van der Waals surface area (Å²) < 4.78 is 0. The van der Waals surface area contributed by atoms with Gasteiger partial charge in [0.25, 0.3) is 11.6 Å². The Kier molecular flexibility index (Phi) is 4.39. The van der Waals surface area contributed by atoms with Crippen LogP contribution < -0.4 is 5.43 Å². The van der Waals surface area contributed by atoms with Crippen molar-refractivity contribution in [1.82, 2.24) is 20.2 Å². The van der Waals surface area contributed by atoms with Gasteiger partial charge in [0.15, 0.2) is 5.65 Å². The summed E-state index contributed by atoms with van der Waals surface area (Å²) in [5.41, 5.74) is 3.84. The van der Waals surface area contributed by atoms with E-state index in [-0.39, 0.29) is 11.5 Å². The molecule has 0 atom stereocenters. The van der Waals surface area contributed by atoms with E-state index < -0.39 is 27.0 Å². The molecule has 0 saturated carbocycles. The average Bonchev–Trinajstić information content (AvgIpc) is 3.08. The van der Waals surface area contributed by atoms with E-state index in [1.807, 2.05) is 25.1 Å². The molecule has 0 saturated heterocycles. The second kappa shape index (κ2) is 7.05. The van der Waals surface area contributed by atoms with Gasteiger partial charge in [-0.15, -0.1) is 10.2 Å². The maximum atomic E-state index is 11.0. The van der Waals surface area contributed by atoms with Crippen LogP contribution in [0.25, 0.3) is 22.1 Å². The Morgan fingerprint density at radius 2 is 2.00 bits per heavy atom. The van der Waals surface area contributed by atoms with Crippen molar-refractivity contribution in [2.45, 2.75) is 6.92 Å². The number of nitro benzene ring substituents is 2. The Morgan fingerprint density at radius 1 is 1.20 bits per heavy atom. The summed E-state index contributed by atoms with van der Waals surface area (Å²) in [5, 5.41) is 44.6. The lowest BCUT2D eigenvalue weighted by Gasteiger charge is -2.01. The maximum Gasteiger partial charge on any atom is 0.318 e. The van der Waals surface area contributed by atoms with E-state index in [0.29, 0.717) is 17.2 Å². The summed E-state index contributed by atoms with van der Waals surface area (Å²) in [6.45, 7) is 1.94. The van der Waals surface area contributed by atoms with Crippen LogP contribution in [0, 0.1) is 27.2 Å². The lowest BCUT2D eigenvalue weighted by molar-refractivity contribution is -0.394. The van der Waals surface area contributed by atoms with E-state index in [0.717, 1.165) is 28.7 Å². The van der Waals surface area contributed by atoms with Crippen LogP contribution in [-0.4, -0.2) is 41.3 Å².